The molecule has 1 N–H and O–H groups in total. The van der Waals surface area contributed by atoms with E-state index in [4.69, 9.17) is 0 Å². The molecule has 0 aliphatic carbocycles. The van der Waals surface area contributed by atoms with Crippen LogP contribution in [0.4, 0.5) is 8.78 Å². The maximum atomic E-state index is 13.9. The van der Waals surface area contributed by atoms with Gasteiger partial charge >= 0.3 is 11.9 Å². The van der Waals surface area contributed by atoms with Crippen LogP contribution in [0.1, 0.15) is 25.0 Å². The van der Waals surface area contributed by atoms with Crippen molar-refractivity contribution in [3.8, 4) is 0 Å². The van der Waals surface area contributed by atoms with Gasteiger partial charge in [0.1, 0.15) is 0 Å². The molecule has 1 aromatic carbocycles. The lowest BCUT2D eigenvalue weighted by atomic mass is 9.88. The van der Waals surface area contributed by atoms with Gasteiger partial charge in [0.05, 0.1) is 6.61 Å². The Balaban J connectivity index is 3.16. The van der Waals surface area contributed by atoms with E-state index < -0.39 is 17.5 Å². The Morgan fingerprint density at radius 1 is 1.44 bits per heavy atom. The Hall–Kier alpha value is -1.49. The lowest BCUT2D eigenvalue weighted by Gasteiger charge is -2.31. The summed E-state index contributed by atoms with van der Waals surface area (Å²) in [5, 5.41) is 9.98. The minimum atomic E-state index is -4.00. The van der Waals surface area contributed by atoms with Crippen LogP contribution in [0.25, 0.3) is 0 Å². The molecule has 0 fully saturated rings. The molecule has 18 heavy (non-hydrogen) atoms. The zero-order valence-electron chi connectivity index (χ0n) is 10.5. The number of aryl methyl sites for hydroxylation is 1. The van der Waals surface area contributed by atoms with Gasteiger partial charge in [-0.1, -0.05) is 29.8 Å². The average Bonchev–Trinajstić information content (AvgIpc) is 2.29. The smallest absolute Gasteiger partial charge is 0.380 e. The molecule has 0 bridgehead atoms. The molecule has 0 aliphatic rings. The molecule has 3 nitrogen and oxygen atoms in total. The van der Waals surface area contributed by atoms with E-state index >= 15 is 0 Å². The van der Waals surface area contributed by atoms with Crippen molar-refractivity contribution in [2.24, 2.45) is 0 Å². The van der Waals surface area contributed by atoms with Crippen molar-refractivity contribution in [1.82, 2.24) is 0 Å². The Kier molecular flexibility index (Phi) is 4.06. The summed E-state index contributed by atoms with van der Waals surface area (Å²) in [7, 11) is 0. The highest BCUT2D eigenvalue weighted by atomic mass is 19.3. The van der Waals surface area contributed by atoms with E-state index in [1.165, 1.54) is 19.1 Å². The highest BCUT2D eigenvalue weighted by Crippen LogP contribution is 2.38. The van der Waals surface area contributed by atoms with Crippen LogP contribution in [0.2, 0.25) is 0 Å². The van der Waals surface area contributed by atoms with Crippen molar-refractivity contribution in [3.63, 3.8) is 0 Å². The summed E-state index contributed by atoms with van der Waals surface area (Å²) in [4.78, 5) is 11.2. The summed E-state index contributed by atoms with van der Waals surface area (Å²) in [5.41, 5.74) is -1.92. The number of hydrogen-bond donors (Lipinski definition) is 1. The highest BCUT2D eigenvalue weighted by Gasteiger charge is 2.57. The maximum Gasteiger partial charge on any atom is 0.380 e. The molecule has 0 radical (unpaired) electrons. The topological polar surface area (TPSA) is 46.5 Å². The number of esters is 1. The van der Waals surface area contributed by atoms with E-state index in [1.54, 1.807) is 19.1 Å². The van der Waals surface area contributed by atoms with Gasteiger partial charge in [-0.2, -0.15) is 8.78 Å². The fraction of sp³-hybridized carbons (Fsp3) is 0.462. The zero-order valence-corrected chi connectivity index (χ0v) is 10.5. The number of ether oxygens (including phenoxy) is 1. The van der Waals surface area contributed by atoms with Gasteiger partial charge in [-0.15, -0.1) is 0 Å². The van der Waals surface area contributed by atoms with Gasteiger partial charge in [-0.05, 0) is 26.3 Å². The first-order valence-electron chi connectivity index (χ1n) is 5.58. The van der Waals surface area contributed by atoms with Gasteiger partial charge in [0.25, 0.3) is 0 Å². The van der Waals surface area contributed by atoms with Crippen molar-refractivity contribution in [1.29, 1.82) is 0 Å². The molecule has 0 aromatic heterocycles. The van der Waals surface area contributed by atoms with Gasteiger partial charge < -0.3 is 9.84 Å². The molecule has 0 saturated carbocycles. The number of aliphatic hydroxyl groups is 1. The molecule has 100 valence electrons. The fourth-order valence-corrected chi connectivity index (χ4v) is 1.55. The normalized spacial score (nSPS) is 15.0. The minimum absolute atomic E-state index is 0.0273. The summed E-state index contributed by atoms with van der Waals surface area (Å²) in [5.74, 6) is -5.73. The van der Waals surface area contributed by atoms with E-state index in [2.05, 4.69) is 4.74 Å². The van der Waals surface area contributed by atoms with Crippen molar-refractivity contribution in [3.05, 3.63) is 35.4 Å². The number of carbonyl (C=O) groups excluding carboxylic acids is 1. The first-order valence-corrected chi connectivity index (χ1v) is 5.58. The minimum Gasteiger partial charge on any atom is -0.461 e. The summed E-state index contributed by atoms with van der Waals surface area (Å²) in [6.07, 6.45) is 0. The fourth-order valence-electron chi connectivity index (χ4n) is 1.55. The van der Waals surface area contributed by atoms with Crippen molar-refractivity contribution in [2.45, 2.75) is 32.3 Å². The van der Waals surface area contributed by atoms with Gasteiger partial charge in [0.15, 0.2) is 5.60 Å². The Bertz CT molecular complexity index is 442. The van der Waals surface area contributed by atoms with Gasteiger partial charge in [0.2, 0.25) is 0 Å². The summed E-state index contributed by atoms with van der Waals surface area (Å²) in [6, 6.07) is 6.01. The van der Waals surface area contributed by atoms with E-state index in [1.807, 2.05) is 0 Å². The molecule has 1 aromatic rings. The van der Waals surface area contributed by atoms with Gasteiger partial charge in [-0.25, -0.2) is 4.79 Å². The summed E-state index contributed by atoms with van der Waals surface area (Å²) < 4.78 is 32.0. The Morgan fingerprint density at radius 3 is 2.56 bits per heavy atom. The molecule has 5 heteroatoms. The average molecular weight is 258 g/mol. The lowest BCUT2D eigenvalue weighted by molar-refractivity contribution is -0.212. The van der Waals surface area contributed by atoms with Crippen LogP contribution in [-0.4, -0.2) is 23.6 Å². The number of alkyl halides is 2. The quantitative estimate of drug-likeness (QED) is 0.843. The molecule has 1 atom stereocenters. The molecule has 0 amide bonds. The second-order valence-electron chi connectivity index (χ2n) is 4.24. The van der Waals surface area contributed by atoms with Gasteiger partial charge in [0, 0.05) is 0 Å². The third-order valence-corrected chi connectivity index (χ3v) is 2.72. The second kappa shape index (κ2) is 5.02. The predicted octanol–water partition coefficient (Wildman–Crippen LogP) is 2.40. The zero-order chi connectivity index (χ0) is 14.0. The number of carbonyl (C=O) groups is 1. The third kappa shape index (κ3) is 2.51. The van der Waals surface area contributed by atoms with E-state index in [9.17, 15) is 18.7 Å². The summed E-state index contributed by atoms with van der Waals surface area (Å²) in [6.45, 7) is 3.87. The van der Waals surface area contributed by atoms with Crippen LogP contribution in [0.3, 0.4) is 0 Å². The number of halogens is 2. The SMILES string of the molecule is CCOC(=O)C(F)(F)C(C)(O)c1cccc(C)c1. The van der Waals surface area contributed by atoms with E-state index in [-0.39, 0.29) is 12.2 Å². The largest absolute Gasteiger partial charge is 0.461 e. The van der Waals surface area contributed by atoms with Crippen LogP contribution in [0.15, 0.2) is 24.3 Å². The van der Waals surface area contributed by atoms with E-state index in [0.29, 0.717) is 5.56 Å². The second-order valence-corrected chi connectivity index (χ2v) is 4.24. The van der Waals surface area contributed by atoms with Crippen LogP contribution in [0, 0.1) is 6.92 Å². The van der Waals surface area contributed by atoms with Crippen molar-refractivity contribution in [2.75, 3.05) is 6.61 Å². The molecular weight excluding hydrogens is 242 g/mol. The monoisotopic (exact) mass is 258 g/mol. The van der Waals surface area contributed by atoms with Crippen LogP contribution in [-0.2, 0) is 15.1 Å². The maximum absolute atomic E-state index is 13.9. The third-order valence-electron chi connectivity index (χ3n) is 2.72. The number of benzene rings is 1. The molecular formula is C13H16F2O3. The van der Waals surface area contributed by atoms with Crippen molar-refractivity contribution < 1.29 is 23.4 Å². The molecule has 0 heterocycles. The Labute approximate surface area is 104 Å². The molecule has 0 aliphatic heterocycles. The molecule has 0 spiro atoms. The van der Waals surface area contributed by atoms with Crippen LogP contribution < -0.4 is 0 Å². The summed E-state index contributed by atoms with van der Waals surface area (Å²) >= 11 is 0. The number of hydrogen-bond acceptors (Lipinski definition) is 3. The lowest BCUT2D eigenvalue weighted by Crippen LogP contribution is -2.49. The standard InChI is InChI=1S/C13H16F2O3/c1-4-18-11(16)13(14,15)12(3,17)10-7-5-6-9(2)8-10/h5-8,17H,4H2,1-3H3. The van der Waals surface area contributed by atoms with Crippen LogP contribution >= 0.6 is 0 Å². The number of rotatable bonds is 4. The van der Waals surface area contributed by atoms with Crippen molar-refractivity contribution >= 4 is 5.97 Å². The molecule has 0 saturated heterocycles. The highest BCUT2D eigenvalue weighted by molar-refractivity contribution is 5.79. The van der Waals surface area contributed by atoms with Crippen LogP contribution in [0.5, 0.6) is 0 Å². The Morgan fingerprint density at radius 2 is 2.06 bits per heavy atom. The molecule has 1 rings (SSSR count). The first kappa shape index (κ1) is 14.6. The first-order chi connectivity index (χ1) is 8.23. The predicted molar refractivity (Wildman–Crippen MR) is 62.3 cm³/mol. The van der Waals surface area contributed by atoms with E-state index in [0.717, 1.165) is 6.92 Å². The molecule has 1 unspecified atom stereocenters. The van der Waals surface area contributed by atoms with Gasteiger partial charge in [-0.3, -0.25) is 0 Å².